The summed E-state index contributed by atoms with van der Waals surface area (Å²) in [4.78, 5) is 12.4. The van der Waals surface area contributed by atoms with Crippen molar-refractivity contribution in [3.05, 3.63) is 64.7 Å². The van der Waals surface area contributed by atoms with Crippen LogP contribution in [0, 0.1) is 19.8 Å². The third-order valence-electron chi connectivity index (χ3n) is 5.47. The highest BCUT2D eigenvalue weighted by molar-refractivity contribution is 5.77. The highest BCUT2D eigenvalue weighted by atomic mass is 16.6. The Hall–Kier alpha value is -2.29. The Labute approximate surface area is 143 Å². The van der Waals surface area contributed by atoms with E-state index in [9.17, 15) is 4.79 Å². The molecule has 0 radical (unpaired) electrons. The minimum Gasteiger partial charge on any atom is -0.410 e. The molecule has 124 valence electrons. The first-order valence-corrected chi connectivity index (χ1v) is 8.76. The molecule has 1 aliphatic heterocycles. The average Bonchev–Trinajstić information content (AvgIpc) is 2.50. The molecule has 4 rings (SSSR count). The molecule has 2 aromatic carbocycles. The molecule has 1 aliphatic carbocycles. The second-order valence-corrected chi connectivity index (χ2v) is 7.24. The van der Waals surface area contributed by atoms with Gasteiger partial charge in [0.1, 0.15) is 5.75 Å². The predicted octanol–water partition coefficient (Wildman–Crippen LogP) is 4.84. The number of carbonyl (C=O) groups excluding carboxylic acids is 1. The summed E-state index contributed by atoms with van der Waals surface area (Å²) in [6, 6.07) is 14.5. The third kappa shape index (κ3) is 2.39. The van der Waals surface area contributed by atoms with E-state index in [0.29, 0.717) is 11.7 Å². The van der Waals surface area contributed by atoms with Crippen molar-refractivity contribution in [1.82, 2.24) is 5.32 Å². The predicted molar refractivity (Wildman–Crippen MR) is 94.3 cm³/mol. The van der Waals surface area contributed by atoms with Crippen LogP contribution in [0.5, 0.6) is 5.75 Å². The van der Waals surface area contributed by atoms with Crippen molar-refractivity contribution in [3.8, 4) is 5.75 Å². The molecule has 1 atom stereocenters. The maximum absolute atomic E-state index is 12.4. The van der Waals surface area contributed by atoms with E-state index in [1.165, 1.54) is 24.8 Å². The minimum absolute atomic E-state index is 0.351. The van der Waals surface area contributed by atoms with Gasteiger partial charge in [-0.3, -0.25) is 0 Å². The Morgan fingerprint density at radius 2 is 1.92 bits per heavy atom. The van der Waals surface area contributed by atoms with Gasteiger partial charge >= 0.3 is 6.09 Å². The number of carbonyl (C=O) groups is 1. The summed E-state index contributed by atoms with van der Waals surface area (Å²) >= 11 is 0. The Kier molecular flexibility index (Phi) is 3.60. The summed E-state index contributed by atoms with van der Waals surface area (Å²) < 4.78 is 5.55. The lowest BCUT2D eigenvalue weighted by atomic mass is 9.69. The Balaban J connectivity index is 1.94. The summed E-state index contributed by atoms with van der Waals surface area (Å²) in [6.07, 6.45) is 4.36. The zero-order chi connectivity index (χ0) is 16.7. The number of nitrogens with one attached hydrogen (secondary N) is 1. The fourth-order valence-corrected chi connectivity index (χ4v) is 4.26. The van der Waals surface area contributed by atoms with Gasteiger partial charge in [-0.25, -0.2) is 4.79 Å². The molecule has 1 heterocycles. The highest BCUT2D eigenvalue weighted by Crippen LogP contribution is 2.48. The molecule has 1 unspecified atom stereocenters. The largest absolute Gasteiger partial charge is 0.413 e. The van der Waals surface area contributed by atoms with Gasteiger partial charge < -0.3 is 10.1 Å². The first-order chi connectivity index (χ1) is 11.6. The Bertz CT molecular complexity index is 780. The average molecular weight is 321 g/mol. The summed E-state index contributed by atoms with van der Waals surface area (Å²) in [7, 11) is 0. The van der Waals surface area contributed by atoms with Gasteiger partial charge in [0.15, 0.2) is 0 Å². The summed E-state index contributed by atoms with van der Waals surface area (Å²) in [5.74, 6) is 1.36. The number of amides is 1. The standard InChI is InChI=1S/C21H23NO2/c1-14-11-15(2)19-18(12-14)24-20(23)22-21(19,13-16-7-6-8-16)17-9-4-3-5-10-17/h3-5,9-12,16H,6-8,13H2,1-2H3,(H,22,23). The van der Waals surface area contributed by atoms with Crippen LogP contribution >= 0.6 is 0 Å². The van der Waals surface area contributed by atoms with E-state index in [-0.39, 0.29) is 6.09 Å². The maximum Gasteiger partial charge on any atom is 0.413 e. The molecule has 0 bridgehead atoms. The summed E-state index contributed by atoms with van der Waals surface area (Å²) in [5, 5.41) is 3.20. The van der Waals surface area contributed by atoms with E-state index >= 15 is 0 Å². The molecule has 24 heavy (non-hydrogen) atoms. The SMILES string of the molecule is Cc1cc(C)c2c(c1)OC(=O)NC2(CC1CCC1)c1ccccc1. The number of fused-ring (bicyclic) bond motifs is 1. The van der Waals surface area contributed by atoms with E-state index in [1.807, 2.05) is 31.2 Å². The van der Waals surface area contributed by atoms with Gasteiger partial charge in [-0.1, -0.05) is 55.7 Å². The van der Waals surface area contributed by atoms with E-state index in [0.717, 1.165) is 23.1 Å². The van der Waals surface area contributed by atoms with Crippen LogP contribution in [0.15, 0.2) is 42.5 Å². The fourth-order valence-electron chi connectivity index (χ4n) is 4.26. The van der Waals surface area contributed by atoms with E-state index in [2.05, 4.69) is 30.4 Å². The van der Waals surface area contributed by atoms with Crippen LogP contribution in [-0.4, -0.2) is 6.09 Å². The van der Waals surface area contributed by atoms with Crippen LogP contribution < -0.4 is 10.1 Å². The van der Waals surface area contributed by atoms with Gasteiger partial charge in [0.25, 0.3) is 0 Å². The van der Waals surface area contributed by atoms with Gasteiger partial charge in [0, 0.05) is 5.56 Å². The van der Waals surface area contributed by atoms with Gasteiger partial charge in [-0.15, -0.1) is 0 Å². The van der Waals surface area contributed by atoms with Crippen molar-refractivity contribution < 1.29 is 9.53 Å². The van der Waals surface area contributed by atoms with E-state index in [1.54, 1.807) is 0 Å². The van der Waals surface area contributed by atoms with Crippen LogP contribution in [0.4, 0.5) is 4.79 Å². The van der Waals surface area contributed by atoms with Crippen molar-refractivity contribution in [1.29, 1.82) is 0 Å². The first-order valence-electron chi connectivity index (χ1n) is 8.76. The van der Waals surface area contributed by atoms with Crippen molar-refractivity contribution in [2.75, 3.05) is 0 Å². The molecule has 3 nitrogen and oxygen atoms in total. The molecule has 2 aliphatic rings. The lowest BCUT2D eigenvalue weighted by Gasteiger charge is -2.44. The molecule has 3 heteroatoms. The molecule has 0 aromatic heterocycles. The van der Waals surface area contributed by atoms with E-state index in [4.69, 9.17) is 4.74 Å². The summed E-state index contributed by atoms with van der Waals surface area (Å²) in [6.45, 7) is 4.16. The van der Waals surface area contributed by atoms with Crippen LogP contribution in [0.3, 0.4) is 0 Å². The van der Waals surface area contributed by atoms with Crippen molar-refractivity contribution in [2.24, 2.45) is 5.92 Å². The molecule has 1 saturated carbocycles. The fraction of sp³-hybridized carbons (Fsp3) is 0.381. The van der Waals surface area contributed by atoms with Crippen molar-refractivity contribution in [2.45, 2.75) is 45.1 Å². The number of ether oxygens (including phenoxy) is 1. The third-order valence-corrected chi connectivity index (χ3v) is 5.47. The van der Waals surface area contributed by atoms with Crippen LogP contribution in [-0.2, 0) is 5.54 Å². The maximum atomic E-state index is 12.4. The minimum atomic E-state index is -0.491. The molecule has 1 fully saturated rings. The molecule has 1 N–H and O–H groups in total. The number of rotatable bonds is 3. The van der Waals surface area contributed by atoms with E-state index < -0.39 is 5.54 Å². The normalized spacial score (nSPS) is 23.0. The number of aryl methyl sites for hydroxylation is 2. The molecular formula is C21H23NO2. The van der Waals surface area contributed by atoms with Gasteiger partial charge in [-0.05, 0) is 48.9 Å². The van der Waals surface area contributed by atoms with Crippen LogP contribution in [0.2, 0.25) is 0 Å². The smallest absolute Gasteiger partial charge is 0.410 e. The number of benzene rings is 2. The molecule has 2 aromatic rings. The Morgan fingerprint density at radius 3 is 2.58 bits per heavy atom. The van der Waals surface area contributed by atoms with Gasteiger partial charge in [0.2, 0.25) is 0 Å². The monoisotopic (exact) mass is 321 g/mol. The highest BCUT2D eigenvalue weighted by Gasteiger charge is 2.45. The van der Waals surface area contributed by atoms with Crippen LogP contribution in [0.1, 0.15) is 47.9 Å². The van der Waals surface area contributed by atoms with Gasteiger partial charge in [-0.2, -0.15) is 0 Å². The Morgan fingerprint density at radius 1 is 1.17 bits per heavy atom. The second kappa shape index (κ2) is 5.66. The zero-order valence-electron chi connectivity index (χ0n) is 14.3. The molecule has 1 amide bonds. The van der Waals surface area contributed by atoms with Crippen LogP contribution in [0.25, 0.3) is 0 Å². The van der Waals surface area contributed by atoms with Crippen molar-refractivity contribution >= 4 is 6.09 Å². The number of hydrogen-bond donors (Lipinski definition) is 1. The first kappa shape index (κ1) is 15.3. The summed E-state index contributed by atoms with van der Waals surface area (Å²) in [5.41, 5.74) is 4.06. The molecule has 0 spiro atoms. The lowest BCUT2D eigenvalue weighted by Crippen LogP contribution is -2.53. The molecule has 0 saturated heterocycles. The zero-order valence-corrected chi connectivity index (χ0v) is 14.3. The van der Waals surface area contributed by atoms with Gasteiger partial charge in [0.05, 0.1) is 5.54 Å². The van der Waals surface area contributed by atoms with Crippen molar-refractivity contribution in [3.63, 3.8) is 0 Å². The lowest BCUT2D eigenvalue weighted by molar-refractivity contribution is 0.157. The quantitative estimate of drug-likeness (QED) is 0.878. The second-order valence-electron chi connectivity index (χ2n) is 7.24. The number of hydrogen-bond acceptors (Lipinski definition) is 2. The topological polar surface area (TPSA) is 38.3 Å². The molecular weight excluding hydrogens is 298 g/mol.